The number of rotatable bonds is 5. The van der Waals surface area contributed by atoms with Crippen LogP contribution in [-0.2, 0) is 6.42 Å². The van der Waals surface area contributed by atoms with Crippen molar-refractivity contribution < 1.29 is 18.7 Å². The molecule has 0 aliphatic carbocycles. The van der Waals surface area contributed by atoms with Crippen LogP contribution in [0.3, 0.4) is 0 Å². The third-order valence-corrected chi connectivity index (χ3v) is 4.74. The maximum absolute atomic E-state index is 14.2. The van der Waals surface area contributed by atoms with Crippen LogP contribution in [0.15, 0.2) is 42.5 Å². The number of aromatic nitrogens is 2. The number of para-hydroxylation sites is 1. The van der Waals surface area contributed by atoms with Crippen molar-refractivity contribution in [2.75, 3.05) is 13.7 Å². The van der Waals surface area contributed by atoms with Crippen LogP contribution >= 0.6 is 0 Å². The fraction of sp³-hybridized carbons (Fsp3) is 0.190. The van der Waals surface area contributed by atoms with Crippen LogP contribution in [0, 0.1) is 12.7 Å². The Labute approximate surface area is 160 Å². The Kier molecular flexibility index (Phi) is 4.65. The molecule has 0 saturated carbocycles. The van der Waals surface area contributed by atoms with Crippen LogP contribution in [0.1, 0.15) is 11.3 Å². The number of carbonyl (C=O) groups is 1. The van der Waals surface area contributed by atoms with Crippen LogP contribution in [0.5, 0.6) is 11.6 Å². The summed E-state index contributed by atoms with van der Waals surface area (Å²) >= 11 is 0. The van der Waals surface area contributed by atoms with Crippen LogP contribution in [0.25, 0.3) is 21.8 Å². The molecular weight excluding hydrogens is 361 g/mol. The summed E-state index contributed by atoms with van der Waals surface area (Å²) in [6.07, 6.45) is -0.0203. The van der Waals surface area contributed by atoms with E-state index in [0.29, 0.717) is 30.1 Å². The first-order chi connectivity index (χ1) is 13.5. The second-order valence-electron chi connectivity index (χ2n) is 6.55. The van der Waals surface area contributed by atoms with E-state index in [4.69, 9.17) is 9.47 Å². The van der Waals surface area contributed by atoms with Gasteiger partial charge in [-0.15, -0.1) is 0 Å². The summed E-state index contributed by atoms with van der Waals surface area (Å²) in [6, 6.07) is 12.6. The summed E-state index contributed by atoms with van der Waals surface area (Å²) in [5, 5.41) is 4.45. The SMILES string of the molecule is COc1cc(F)c2[nH]c(C)c(CCNC(=O)Oc3cc4ccccc4[nH]3)c2c1. The topological polar surface area (TPSA) is 79.1 Å². The number of aromatic amines is 2. The lowest BCUT2D eigenvalue weighted by atomic mass is 10.1. The molecule has 28 heavy (non-hydrogen) atoms. The highest BCUT2D eigenvalue weighted by molar-refractivity contribution is 5.87. The van der Waals surface area contributed by atoms with Gasteiger partial charge in [-0.05, 0) is 31.0 Å². The fourth-order valence-corrected chi connectivity index (χ4v) is 3.38. The minimum atomic E-state index is -0.548. The van der Waals surface area contributed by atoms with Crippen LogP contribution in [0.4, 0.5) is 9.18 Å². The molecule has 0 aliphatic heterocycles. The predicted molar refractivity (Wildman–Crippen MR) is 106 cm³/mol. The highest BCUT2D eigenvalue weighted by Gasteiger charge is 2.14. The molecule has 0 spiro atoms. The molecule has 2 heterocycles. The molecule has 2 aromatic heterocycles. The lowest BCUT2D eigenvalue weighted by Crippen LogP contribution is -2.28. The molecule has 2 aromatic carbocycles. The van der Waals surface area contributed by atoms with E-state index in [1.807, 2.05) is 31.2 Å². The quantitative estimate of drug-likeness (QED) is 0.478. The van der Waals surface area contributed by atoms with Gasteiger partial charge in [0.15, 0.2) is 5.82 Å². The molecule has 3 N–H and O–H groups in total. The summed E-state index contributed by atoms with van der Waals surface area (Å²) < 4.78 is 24.7. The highest BCUT2D eigenvalue weighted by Crippen LogP contribution is 2.29. The van der Waals surface area contributed by atoms with Gasteiger partial charge < -0.3 is 24.8 Å². The van der Waals surface area contributed by atoms with E-state index in [2.05, 4.69) is 15.3 Å². The van der Waals surface area contributed by atoms with Crippen molar-refractivity contribution in [1.29, 1.82) is 0 Å². The number of carbonyl (C=O) groups excluding carboxylic acids is 1. The summed E-state index contributed by atoms with van der Waals surface area (Å²) in [6.45, 7) is 2.23. The first-order valence-electron chi connectivity index (χ1n) is 8.93. The monoisotopic (exact) mass is 381 g/mol. The number of ether oxygens (including phenoxy) is 2. The molecule has 144 valence electrons. The first-order valence-corrected chi connectivity index (χ1v) is 8.93. The van der Waals surface area contributed by atoms with Gasteiger partial charge in [0.25, 0.3) is 0 Å². The Morgan fingerprint density at radius 2 is 2.00 bits per heavy atom. The van der Waals surface area contributed by atoms with E-state index in [1.54, 1.807) is 12.1 Å². The van der Waals surface area contributed by atoms with Crippen molar-refractivity contribution >= 4 is 27.9 Å². The van der Waals surface area contributed by atoms with Gasteiger partial charge in [-0.1, -0.05) is 18.2 Å². The third-order valence-electron chi connectivity index (χ3n) is 4.74. The van der Waals surface area contributed by atoms with E-state index < -0.39 is 6.09 Å². The number of fused-ring (bicyclic) bond motifs is 2. The summed E-state index contributed by atoms with van der Waals surface area (Å²) in [5.74, 6) is 0.472. The highest BCUT2D eigenvalue weighted by atomic mass is 19.1. The lowest BCUT2D eigenvalue weighted by molar-refractivity contribution is 0.199. The molecule has 6 nitrogen and oxygen atoms in total. The van der Waals surface area contributed by atoms with Crippen molar-refractivity contribution in [2.24, 2.45) is 0 Å². The van der Waals surface area contributed by atoms with Gasteiger partial charge >= 0.3 is 6.09 Å². The molecule has 0 aliphatic rings. The predicted octanol–water partition coefficient (Wildman–Crippen LogP) is 4.44. The van der Waals surface area contributed by atoms with Gasteiger partial charge in [0.2, 0.25) is 5.88 Å². The second-order valence-corrected chi connectivity index (χ2v) is 6.55. The third kappa shape index (κ3) is 3.38. The normalized spacial score (nSPS) is 11.1. The fourth-order valence-electron chi connectivity index (χ4n) is 3.38. The van der Waals surface area contributed by atoms with E-state index in [-0.39, 0.29) is 5.82 Å². The Bertz CT molecular complexity index is 1130. The average Bonchev–Trinajstić information content (AvgIpc) is 3.22. The zero-order valence-electron chi connectivity index (χ0n) is 15.6. The van der Waals surface area contributed by atoms with Crippen molar-refractivity contribution in [3.05, 3.63) is 59.5 Å². The maximum atomic E-state index is 14.2. The molecule has 7 heteroatoms. The number of halogens is 1. The second kappa shape index (κ2) is 7.26. The zero-order valence-corrected chi connectivity index (χ0v) is 15.6. The molecule has 1 amide bonds. The van der Waals surface area contributed by atoms with E-state index in [9.17, 15) is 9.18 Å². The molecule has 0 fully saturated rings. The molecule has 0 saturated heterocycles. The van der Waals surface area contributed by atoms with Gasteiger partial charge in [0, 0.05) is 40.7 Å². The molecule has 0 radical (unpaired) electrons. The Balaban J connectivity index is 1.42. The van der Waals surface area contributed by atoms with Gasteiger partial charge in [-0.25, -0.2) is 9.18 Å². The minimum Gasteiger partial charge on any atom is -0.497 e. The van der Waals surface area contributed by atoms with Gasteiger partial charge in [-0.2, -0.15) is 0 Å². The summed E-state index contributed by atoms with van der Waals surface area (Å²) in [5.41, 5.74) is 3.12. The van der Waals surface area contributed by atoms with Gasteiger partial charge in [0.1, 0.15) is 5.75 Å². The van der Waals surface area contributed by atoms with Crippen LogP contribution in [-0.4, -0.2) is 29.7 Å². The molecular formula is C21H20FN3O3. The number of H-pyrrole nitrogens is 2. The van der Waals surface area contributed by atoms with Crippen molar-refractivity contribution in [2.45, 2.75) is 13.3 Å². The summed E-state index contributed by atoms with van der Waals surface area (Å²) in [4.78, 5) is 18.2. The van der Waals surface area contributed by atoms with E-state index >= 15 is 0 Å². The largest absolute Gasteiger partial charge is 0.497 e. The number of nitrogens with one attached hydrogen (secondary N) is 3. The summed E-state index contributed by atoms with van der Waals surface area (Å²) in [7, 11) is 1.50. The van der Waals surface area contributed by atoms with Gasteiger partial charge in [-0.3, -0.25) is 0 Å². The number of aryl methyl sites for hydroxylation is 1. The smallest absolute Gasteiger partial charge is 0.413 e. The average molecular weight is 381 g/mol. The number of hydrogen-bond acceptors (Lipinski definition) is 3. The standard InChI is InChI=1S/C21H20FN3O3/c1-12-15(16-10-14(27-2)11-17(22)20(16)24-12)7-8-23-21(26)28-19-9-13-5-3-4-6-18(13)25-19/h3-6,9-11,24-25H,7-8H2,1-2H3,(H,23,26). The molecule has 0 bridgehead atoms. The Hall–Kier alpha value is -3.48. The van der Waals surface area contributed by atoms with Crippen LogP contribution in [0.2, 0.25) is 0 Å². The number of amides is 1. The molecule has 0 unspecified atom stereocenters. The Morgan fingerprint density at radius 3 is 2.79 bits per heavy atom. The maximum Gasteiger partial charge on any atom is 0.413 e. The van der Waals surface area contributed by atoms with Crippen molar-refractivity contribution in [3.8, 4) is 11.6 Å². The van der Waals surface area contributed by atoms with E-state index in [0.717, 1.165) is 27.5 Å². The van der Waals surface area contributed by atoms with E-state index in [1.165, 1.54) is 13.2 Å². The zero-order chi connectivity index (χ0) is 19.7. The number of hydrogen-bond donors (Lipinski definition) is 3. The van der Waals surface area contributed by atoms with Gasteiger partial charge in [0.05, 0.1) is 12.6 Å². The Morgan fingerprint density at radius 1 is 1.18 bits per heavy atom. The van der Waals surface area contributed by atoms with Crippen molar-refractivity contribution in [1.82, 2.24) is 15.3 Å². The molecule has 0 atom stereocenters. The molecule has 4 aromatic rings. The number of methoxy groups -OCH3 is 1. The molecule has 4 rings (SSSR count). The minimum absolute atomic E-state index is 0.353. The van der Waals surface area contributed by atoms with Crippen molar-refractivity contribution in [3.63, 3.8) is 0 Å². The number of benzene rings is 2. The first kappa shape index (κ1) is 17.9. The lowest BCUT2D eigenvalue weighted by Gasteiger charge is -2.06. The van der Waals surface area contributed by atoms with Crippen LogP contribution < -0.4 is 14.8 Å².